The summed E-state index contributed by atoms with van der Waals surface area (Å²) in [4.78, 5) is 72.3. The van der Waals surface area contributed by atoms with Gasteiger partial charge in [0.15, 0.2) is 12.1 Å². The van der Waals surface area contributed by atoms with E-state index in [0.717, 1.165) is 0 Å². The Morgan fingerprint density at radius 1 is 0.818 bits per heavy atom. The zero-order valence-corrected chi connectivity index (χ0v) is 27.8. The molecule has 0 saturated heterocycles. The molecule has 0 fully saturated rings. The fraction of sp³-hybridized carbons (Fsp3) is 0.750. The van der Waals surface area contributed by atoms with E-state index in [1.54, 1.807) is 0 Å². The molecule has 0 aliphatic rings. The number of rotatable bonds is 15. The molecular formula is C16H32MgNNaO23P2. The first-order valence-corrected chi connectivity index (χ1v) is 13.4. The maximum Gasteiger partial charge on any atom is 2.00 e. The van der Waals surface area contributed by atoms with Crippen LogP contribution < -0.4 is 50.4 Å². The van der Waals surface area contributed by atoms with Crippen LogP contribution in [-0.2, 0) is 32.6 Å². The number of aliphatic hydroxyl groups is 10. The number of carbonyl (C=O) groups is 4. The summed E-state index contributed by atoms with van der Waals surface area (Å²) in [6, 6.07) is -1.46. The van der Waals surface area contributed by atoms with Crippen LogP contribution in [0.1, 0.15) is 6.42 Å². The number of carbonyl (C=O) groups excluding carboxylic acids is 4. The zero-order chi connectivity index (χ0) is 34.6. The molecule has 0 spiro atoms. The smallest absolute Gasteiger partial charge is 0.756 e. The molecule has 28 heteroatoms. The van der Waals surface area contributed by atoms with Crippen LogP contribution in [0.3, 0.4) is 0 Å². The molecule has 0 rings (SSSR count). The van der Waals surface area contributed by atoms with E-state index >= 15 is 0 Å². The van der Waals surface area contributed by atoms with Crippen LogP contribution in [0.25, 0.3) is 0 Å². The summed E-state index contributed by atoms with van der Waals surface area (Å²) in [5.74, 6) is -4.08. The second-order valence-electron chi connectivity index (χ2n) is 7.21. The van der Waals surface area contributed by atoms with Gasteiger partial charge in [0.25, 0.3) is 7.82 Å². The number of carboxylic acids is 2. The normalized spacial score (nSPS) is 17.2. The van der Waals surface area contributed by atoms with Gasteiger partial charge in [-0.15, -0.1) is 0 Å². The van der Waals surface area contributed by atoms with Crippen molar-refractivity contribution in [3.63, 3.8) is 0 Å². The number of nitrogens with two attached hydrogens (primary N) is 1. The predicted octanol–water partition coefficient (Wildman–Crippen LogP) is -15.4. The number of ketones is 1. The molecule has 9 atom stereocenters. The number of carboxylic acid groups (broad SMARTS) is 2. The third-order valence-corrected chi connectivity index (χ3v) is 5.39. The molecule has 24 nitrogen and oxygen atoms in total. The Kier molecular flexibility index (Phi) is 37.1. The first-order chi connectivity index (χ1) is 18.8. The maximum atomic E-state index is 10.5. The van der Waals surface area contributed by atoms with Gasteiger partial charge in [0.1, 0.15) is 49.3 Å². The summed E-state index contributed by atoms with van der Waals surface area (Å²) in [5.41, 5.74) is 4.73. The van der Waals surface area contributed by atoms with E-state index in [0.29, 0.717) is 0 Å². The summed E-state index contributed by atoms with van der Waals surface area (Å²) < 4.78 is 21.9. The molecule has 0 aromatic heterocycles. The topological polar surface area (TPSA) is 470 Å². The quantitative estimate of drug-likeness (QED) is 0.0425. The molecule has 0 aliphatic heterocycles. The van der Waals surface area contributed by atoms with Gasteiger partial charge in [-0.25, -0.2) is 8.88 Å². The Morgan fingerprint density at radius 2 is 1.20 bits per heavy atom. The van der Waals surface area contributed by atoms with E-state index in [-0.39, 0.29) is 58.9 Å². The van der Waals surface area contributed by atoms with Gasteiger partial charge >= 0.3 is 60.4 Å². The molecule has 0 amide bonds. The van der Waals surface area contributed by atoms with E-state index in [2.05, 4.69) is 4.31 Å². The third kappa shape index (κ3) is 33.2. The van der Waals surface area contributed by atoms with Gasteiger partial charge in [0.2, 0.25) is 0 Å². The first kappa shape index (κ1) is 56.2. The van der Waals surface area contributed by atoms with E-state index in [4.69, 9.17) is 71.5 Å². The molecule has 0 saturated carbocycles. The number of hydrogen-bond acceptors (Lipinski definition) is 21. The van der Waals surface area contributed by atoms with Crippen LogP contribution >= 0.6 is 15.6 Å². The van der Waals surface area contributed by atoms with Gasteiger partial charge in [-0.3, -0.25) is 9.36 Å². The maximum absolute atomic E-state index is 10.5. The summed E-state index contributed by atoms with van der Waals surface area (Å²) in [6.07, 6.45) is -12.8. The molecule has 0 bridgehead atoms. The summed E-state index contributed by atoms with van der Waals surface area (Å²) in [7, 11) is -10.4. The predicted molar refractivity (Wildman–Crippen MR) is 126 cm³/mol. The molecule has 0 radical (unpaired) electrons. The number of aliphatic carboxylic acids is 2. The van der Waals surface area contributed by atoms with Crippen molar-refractivity contribution in [3.8, 4) is 0 Å². The van der Waals surface area contributed by atoms with Crippen molar-refractivity contribution in [3.05, 3.63) is 0 Å². The van der Waals surface area contributed by atoms with Crippen molar-refractivity contribution in [1.82, 2.24) is 0 Å². The summed E-state index contributed by atoms with van der Waals surface area (Å²) >= 11 is 0. The summed E-state index contributed by atoms with van der Waals surface area (Å²) in [5, 5.41) is 106. The van der Waals surface area contributed by atoms with Crippen molar-refractivity contribution >= 4 is 62.7 Å². The van der Waals surface area contributed by atoms with Crippen molar-refractivity contribution in [2.75, 3.05) is 19.8 Å². The Balaban J connectivity index is -0.000000109. The van der Waals surface area contributed by atoms with Crippen molar-refractivity contribution < 1.29 is 143 Å². The number of Topliss-reactive ketones (excluding diaryl/α,β-unsaturated/α-hetero) is 1. The fourth-order valence-corrected chi connectivity index (χ4v) is 2.69. The van der Waals surface area contributed by atoms with Gasteiger partial charge in [0.05, 0.1) is 19.2 Å². The van der Waals surface area contributed by atoms with Crippen molar-refractivity contribution in [2.45, 2.75) is 55.2 Å². The van der Waals surface area contributed by atoms with Crippen LogP contribution in [0.2, 0.25) is 0 Å². The molecule has 0 aromatic rings. The number of phosphoric acid groups is 2. The van der Waals surface area contributed by atoms with Crippen molar-refractivity contribution in [1.29, 1.82) is 0 Å². The second kappa shape index (κ2) is 29.0. The second-order valence-corrected chi connectivity index (χ2v) is 9.78. The molecular weight excluding hydrogens is 683 g/mol. The summed E-state index contributed by atoms with van der Waals surface area (Å²) in [6.45, 7) is -2.45. The SMILES string of the molecule is NC(CC(=O)[O-])C(=O)[O-].O=C(CO)C(O)C(O)C(O)CO.O=CC(O)C(O)C(O)C(O)CO.O=P([O-])(O)OP(=O)(O)O.[Mg+2].[Na+]. The Bertz CT molecular complexity index is 870. The van der Waals surface area contributed by atoms with Gasteiger partial charge in [-0.05, 0) is 0 Å². The van der Waals surface area contributed by atoms with E-state index in [1.165, 1.54) is 0 Å². The standard InChI is InChI=1S/2C6H12O6.C4H7NO4.Mg.Na.H4O7P2/c2*7-1-3(9)5(11)6(12)4(10)2-8;5-2(4(8)9)1-3(6)7;;;1-8(2,3)7-9(4,5)6/h3,5-9,11-12H,1-2H2;1,3-6,8-12H,2H2;2H,1,5H2,(H,6,7)(H,8,9);;;(H2,1,2,3)(H2,4,5,6)/q;;;+2;+1;/p-3. The zero-order valence-electron chi connectivity index (χ0n) is 22.6. The number of aliphatic hydroxyl groups excluding tert-OH is 10. The fourth-order valence-electron chi connectivity index (χ4n) is 1.62. The first-order valence-electron chi connectivity index (χ1n) is 10.4. The molecule has 9 unspecified atom stereocenters. The van der Waals surface area contributed by atoms with E-state index < -0.39 is 108 Å². The molecule has 0 aliphatic carbocycles. The average Bonchev–Trinajstić information content (AvgIpc) is 2.87. The van der Waals surface area contributed by atoms with Gasteiger partial charge in [-0.2, -0.15) is 0 Å². The van der Waals surface area contributed by atoms with Crippen LogP contribution in [0.4, 0.5) is 0 Å². The average molecular weight is 716 g/mol. The van der Waals surface area contributed by atoms with E-state index in [1.807, 2.05) is 0 Å². The molecule has 15 N–H and O–H groups in total. The Hall–Kier alpha value is -0.134. The van der Waals surface area contributed by atoms with Gasteiger partial charge in [0, 0.05) is 18.4 Å². The number of hydrogen-bond donors (Lipinski definition) is 14. The Morgan fingerprint density at radius 3 is 1.41 bits per heavy atom. The molecule has 252 valence electrons. The molecule has 0 heterocycles. The third-order valence-electron chi connectivity index (χ3n) is 3.71. The molecule has 0 aromatic carbocycles. The van der Waals surface area contributed by atoms with Gasteiger partial charge < -0.3 is 101 Å². The minimum Gasteiger partial charge on any atom is -0.756 e. The monoisotopic (exact) mass is 715 g/mol. The largest absolute Gasteiger partial charge is 2.00 e. The molecule has 44 heavy (non-hydrogen) atoms. The minimum absolute atomic E-state index is 0. The van der Waals surface area contributed by atoms with Gasteiger partial charge in [-0.1, -0.05) is 0 Å². The van der Waals surface area contributed by atoms with Crippen molar-refractivity contribution in [2.24, 2.45) is 5.73 Å². The van der Waals surface area contributed by atoms with Crippen LogP contribution in [0.15, 0.2) is 0 Å². The number of aldehydes is 1. The van der Waals surface area contributed by atoms with E-state index in [9.17, 15) is 43.4 Å². The van der Waals surface area contributed by atoms with Crippen LogP contribution in [-0.4, -0.2) is 181 Å². The minimum atomic E-state index is -5.30. The van der Waals surface area contributed by atoms with Crippen LogP contribution in [0, 0.1) is 0 Å². The van der Waals surface area contributed by atoms with Crippen LogP contribution in [0.5, 0.6) is 0 Å². The Labute approximate surface area is 285 Å².